The van der Waals surface area contributed by atoms with Gasteiger partial charge in [0.25, 0.3) is 0 Å². The van der Waals surface area contributed by atoms with Crippen LogP contribution in [0.3, 0.4) is 0 Å². The first-order valence-corrected chi connectivity index (χ1v) is 11.4. The highest BCUT2D eigenvalue weighted by Crippen LogP contribution is 2.48. The van der Waals surface area contributed by atoms with Gasteiger partial charge in [-0.1, -0.05) is 46.3 Å². The highest BCUT2D eigenvalue weighted by Gasteiger charge is 2.52. The first kappa shape index (κ1) is 24.0. The predicted molar refractivity (Wildman–Crippen MR) is 126 cm³/mol. The molecule has 7 heteroatoms. The minimum Gasteiger partial charge on any atom is -0.466 e. The standard InChI is InChI=1S/C25H28BrNO5/c1-4-31-23(28)21-19(27-18-9-7-6-8-10-18)15-25(3,30)22(24(29)32-5-2)20(21)16-11-13-17(26)14-12-16/h6-14,20,22,27,30H,4-5,15H2,1-3H3/t20-,22-,25-/m1/s1. The summed E-state index contributed by atoms with van der Waals surface area (Å²) in [5.74, 6) is -2.81. The Morgan fingerprint density at radius 1 is 1.06 bits per heavy atom. The van der Waals surface area contributed by atoms with E-state index in [1.165, 1.54) is 0 Å². The van der Waals surface area contributed by atoms with Gasteiger partial charge in [-0.15, -0.1) is 0 Å². The summed E-state index contributed by atoms with van der Waals surface area (Å²) in [6.07, 6.45) is 0.0621. The molecule has 0 unspecified atom stereocenters. The SMILES string of the molecule is CCOC(=O)C1=C(Nc2ccccc2)C[C@@](C)(O)[C@@H](C(=O)OCC)[C@@H]1c1ccc(Br)cc1. The maximum atomic E-state index is 13.2. The maximum Gasteiger partial charge on any atom is 0.336 e. The number of carbonyl (C=O) groups is 2. The Morgan fingerprint density at radius 2 is 1.69 bits per heavy atom. The minimum atomic E-state index is -1.46. The lowest BCUT2D eigenvalue weighted by Crippen LogP contribution is -2.49. The predicted octanol–water partition coefficient (Wildman–Crippen LogP) is 4.80. The number of ether oxygens (including phenoxy) is 2. The molecular weight excluding hydrogens is 474 g/mol. The number of halogens is 1. The number of aliphatic hydroxyl groups is 1. The number of hydrogen-bond donors (Lipinski definition) is 2. The zero-order valence-electron chi connectivity index (χ0n) is 18.4. The number of rotatable bonds is 7. The molecule has 1 aliphatic rings. The van der Waals surface area contributed by atoms with Crippen molar-refractivity contribution in [2.45, 2.75) is 38.7 Å². The summed E-state index contributed by atoms with van der Waals surface area (Å²) >= 11 is 3.43. The van der Waals surface area contributed by atoms with Gasteiger partial charge in [-0.2, -0.15) is 0 Å². The monoisotopic (exact) mass is 501 g/mol. The second-order valence-corrected chi connectivity index (χ2v) is 8.81. The fourth-order valence-corrected chi connectivity index (χ4v) is 4.46. The van der Waals surface area contributed by atoms with E-state index >= 15 is 0 Å². The van der Waals surface area contributed by atoms with Crippen LogP contribution in [0, 0.1) is 5.92 Å². The van der Waals surface area contributed by atoms with Gasteiger partial charge < -0.3 is 19.9 Å². The van der Waals surface area contributed by atoms with Crippen molar-refractivity contribution in [1.29, 1.82) is 0 Å². The topological polar surface area (TPSA) is 84.9 Å². The van der Waals surface area contributed by atoms with Gasteiger partial charge in [-0.25, -0.2) is 4.79 Å². The molecule has 1 aliphatic carbocycles. The Labute approximate surface area is 196 Å². The number of anilines is 1. The lowest BCUT2D eigenvalue weighted by molar-refractivity contribution is -0.159. The molecule has 2 aromatic rings. The van der Waals surface area contributed by atoms with Gasteiger partial charge in [0.05, 0.1) is 30.3 Å². The number of nitrogens with one attached hydrogen (secondary N) is 1. The largest absolute Gasteiger partial charge is 0.466 e. The molecule has 0 saturated heterocycles. The molecule has 0 bridgehead atoms. The molecule has 0 saturated carbocycles. The van der Waals surface area contributed by atoms with Gasteiger partial charge in [0.2, 0.25) is 0 Å². The van der Waals surface area contributed by atoms with Crippen LogP contribution in [0.15, 0.2) is 70.3 Å². The normalized spacial score (nSPS) is 22.9. The average molecular weight is 502 g/mol. The van der Waals surface area contributed by atoms with Gasteiger partial charge >= 0.3 is 11.9 Å². The van der Waals surface area contributed by atoms with Crippen LogP contribution in [0.25, 0.3) is 0 Å². The van der Waals surface area contributed by atoms with Gasteiger partial charge in [0.1, 0.15) is 0 Å². The third-order valence-electron chi connectivity index (χ3n) is 5.51. The lowest BCUT2D eigenvalue weighted by atomic mass is 9.66. The minimum absolute atomic E-state index is 0.0621. The molecule has 0 aromatic heterocycles. The number of para-hydroxylation sites is 1. The van der Waals surface area contributed by atoms with Gasteiger partial charge in [0.15, 0.2) is 0 Å². The van der Waals surface area contributed by atoms with Crippen molar-refractivity contribution in [3.8, 4) is 0 Å². The number of hydrogen-bond acceptors (Lipinski definition) is 6. The smallest absolute Gasteiger partial charge is 0.336 e. The highest BCUT2D eigenvalue weighted by atomic mass is 79.9. The third-order valence-corrected chi connectivity index (χ3v) is 6.04. The van der Waals surface area contributed by atoms with E-state index in [1.54, 1.807) is 20.8 Å². The summed E-state index contributed by atoms with van der Waals surface area (Å²) in [4.78, 5) is 26.3. The van der Waals surface area contributed by atoms with E-state index < -0.39 is 29.4 Å². The molecule has 0 aliphatic heterocycles. The van der Waals surface area contributed by atoms with Crippen LogP contribution in [0.1, 0.15) is 38.7 Å². The number of carbonyl (C=O) groups excluding carboxylic acids is 2. The highest BCUT2D eigenvalue weighted by molar-refractivity contribution is 9.10. The van der Waals surface area contributed by atoms with Crippen molar-refractivity contribution in [3.63, 3.8) is 0 Å². The first-order valence-electron chi connectivity index (χ1n) is 10.6. The maximum absolute atomic E-state index is 13.2. The van der Waals surface area contributed by atoms with Crippen molar-refractivity contribution >= 4 is 33.6 Å². The van der Waals surface area contributed by atoms with Crippen molar-refractivity contribution in [2.24, 2.45) is 5.92 Å². The summed E-state index contributed by atoms with van der Waals surface area (Å²) in [5.41, 5.74) is 0.860. The Kier molecular flexibility index (Phi) is 7.74. The van der Waals surface area contributed by atoms with Gasteiger partial charge in [-0.05, 0) is 50.6 Å². The van der Waals surface area contributed by atoms with E-state index in [0.717, 1.165) is 10.2 Å². The molecule has 0 amide bonds. The van der Waals surface area contributed by atoms with Gasteiger partial charge in [-0.3, -0.25) is 4.79 Å². The van der Waals surface area contributed by atoms with Crippen LogP contribution in [0.2, 0.25) is 0 Å². The van der Waals surface area contributed by atoms with Crippen LogP contribution in [0.5, 0.6) is 0 Å². The summed E-state index contributed by atoms with van der Waals surface area (Å²) in [7, 11) is 0. The molecule has 3 atom stereocenters. The van der Waals surface area contributed by atoms with E-state index in [4.69, 9.17) is 9.47 Å². The molecule has 3 rings (SSSR count). The van der Waals surface area contributed by atoms with Crippen molar-refractivity contribution in [1.82, 2.24) is 0 Å². The Balaban J connectivity index is 2.23. The quantitative estimate of drug-likeness (QED) is 0.530. The number of esters is 2. The number of benzene rings is 2. The Morgan fingerprint density at radius 3 is 2.28 bits per heavy atom. The van der Waals surface area contributed by atoms with E-state index in [-0.39, 0.29) is 19.6 Å². The summed E-state index contributed by atoms with van der Waals surface area (Å²) in [6, 6.07) is 16.7. The van der Waals surface area contributed by atoms with E-state index in [1.807, 2.05) is 54.6 Å². The van der Waals surface area contributed by atoms with Crippen LogP contribution in [-0.4, -0.2) is 35.9 Å². The molecule has 0 spiro atoms. The average Bonchev–Trinajstić information content (AvgIpc) is 2.74. The van der Waals surface area contributed by atoms with Gasteiger partial charge in [0, 0.05) is 28.2 Å². The molecule has 170 valence electrons. The summed E-state index contributed by atoms with van der Waals surface area (Å²) < 4.78 is 11.6. The van der Waals surface area contributed by atoms with Crippen molar-refractivity contribution in [2.75, 3.05) is 18.5 Å². The molecule has 2 N–H and O–H groups in total. The fraction of sp³-hybridized carbons (Fsp3) is 0.360. The van der Waals surface area contributed by atoms with E-state index in [0.29, 0.717) is 16.8 Å². The fourth-order valence-electron chi connectivity index (χ4n) is 4.19. The first-order chi connectivity index (χ1) is 15.3. The Hall–Kier alpha value is -2.64. The molecule has 0 radical (unpaired) electrons. The molecule has 0 fully saturated rings. The van der Waals surface area contributed by atoms with Crippen LogP contribution in [0.4, 0.5) is 5.69 Å². The summed E-state index contributed by atoms with van der Waals surface area (Å²) in [5, 5.41) is 14.7. The lowest BCUT2D eigenvalue weighted by Gasteiger charge is -2.43. The summed E-state index contributed by atoms with van der Waals surface area (Å²) in [6.45, 7) is 5.42. The molecule has 32 heavy (non-hydrogen) atoms. The van der Waals surface area contributed by atoms with E-state index in [9.17, 15) is 14.7 Å². The van der Waals surface area contributed by atoms with E-state index in [2.05, 4.69) is 21.2 Å². The van der Waals surface area contributed by atoms with Crippen molar-refractivity contribution in [3.05, 3.63) is 75.9 Å². The molecule has 0 heterocycles. The second-order valence-electron chi connectivity index (χ2n) is 7.90. The molecule has 6 nitrogen and oxygen atoms in total. The second kappa shape index (κ2) is 10.3. The Bertz CT molecular complexity index is 985. The zero-order valence-corrected chi connectivity index (χ0v) is 20.0. The third kappa shape index (κ3) is 5.22. The zero-order chi connectivity index (χ0) is 23.3. The van der Waals surface area contributed by atoms with Crippen LogP contribution < -0.4 is 5.32 Å². The molecule has 2 aromatic carbocycles. The van der Waals surface area contributed by atoms with Crippen LogP contribution in [-0.2, 0) is 19.1 Å². The molecular formula is C25H28BrNO5. The van der Waals surface area contributed by atoms with Crippen LogP contribution >= 0.6 is 15.9 Å². The van der Waals surface area contributed by atoms with Crippen molar-refractivity contribution < 1.29 is 24.2 Å².